The summed E-state index contributed by atoms with van der Waals surface area (Å²) in [5.41, 5.74) is 1.65. The molecule has 0 spiro atoms. The third kappa shape index (κ3) is 3.47. The van der Waals surface area contributed by atoms with Gasteiger partial charge in [0.1, 0.15) is 17.9 Å². The predicted molar refractivity (Wildman–Crippen MR) is 74.8 cm³/mol. The highest BCUT2D eigenvalue weighted by Gasteiger charge is 2.25. The van der Waals surface area contributed by atoms with E-state index in [1.807, 2.05) is 30.3 Å². The fraction of sp³-hybridized carbons (Fsp3) is 0.267. The molecule has 1 amide bonds. The second-order valence-corrected chi connectivity index (χ2v) is 4.74. The Balaban J connectivity index is 2.28. The third-order valence-electron chi connectivity index (χ3n) is 3.08. The first kappa shape index (κ1) is 14.8. The molecule has 0 unspecified atom stereocenters. The molecule has 0 fully saturated rings. The van der Waals surface area contributed by atoms with E-state index in [4.69, 9.17) is 9.63 Å². The van der Waals surface area contributed by atoms with Crippen LogP contribution in [0.15, 0.2) is 34.9 Å². The zero-order chi connectivity index (χ0) is 15.4. The number of carboxylic acids is 1. The van der Waals surface area contributed by atoms with Crippen LogP contribution in [0, 0.1) is 13.8 Å². The first-order valence-electron chi connectivity index (χ1n) is 6.47. The van der Waals surface area contributed by atoms with Gasteiger partial charge in [0.25, 0.3) is 5.91 Å². The Morgan fingerprint density at radius 2 is 1.90 bits per heavy atom. The summed E-state index contributed by atoms with van der Waals surface area (Å²) >= 11 is 0. The SMILES string of the molecule is Cc1noc(C)c1C(=O)N(CC(=O)O)Cc1ccccc1. The zero-order valence-electron chi connectivity index (χ0n) is 11.9. The van der Waals surface area contributed by atoms with Crippen LogP contribution in [0.3, 0.4) is 0 Å². The Labute approximate surface area is 122 Å². The molecule has 21 heavy (non-hydrogen) atoms. The van der Waals surface area contributed by atoms with Crippen LogP contribution in [0.4, 0.5) is 0 Å². The molecule has 1 N–H and O–H groups in total. The van der Waals surface area contributed by atoms with Gasteiger partial charge in [-0.3, -0.25) is 9.59 Å². The molecular weight excluding hydrogens is 272 g/mol. The molecule has 0 aliphatic carbocycles. The van der Waals surface area contributed by atoms with Gasteiger partial charge in [0.05, 0.1) is 5.69 Å². The molecule has 2 aromatic rings. The number of aryl methyl sites for hydroxylation is 2. The smallest absolute Gasteiger partial charge is 0.323 e. The van der Waals surface area contributed by atoms with Crippen LogP contribution in [0.5, 0.6) is 0 Å². The quantitative estimate of drug-likeness (QED) is 0.910. The summed E-state index contributed by atoms with van der Waals surface area (Å²) in [5.74, 6) is -1.07. The minimum Gasteiger partial charge on any atom is -0.480 e. The molecule has 110 valence electrons. The molecule has 0 aliphatic rings. The monoisotopic (exact) mass is 288 g/mol. The largest absolute Gasteiger partial charge is 0.480 e. The normalized spacial score (nSPS) is 10.4. The molecule has 0 aliphatic heterocycles. The maximum Gasteiger partial charge on any atom is 0.323 e. The summed E-state index contributed by atoms with van der Waals surface area (Å²) in [6.07, 6.45) is 0. The van der Waals surface area contributed by atoms with E-state index in [9.17, 15) is 9.59 Å². The topological polar surface area (TPSA) is 83.6 Å². The molecule has 1 aromatic carbocycles. The van der Waals surface area contributed by atoms with Crippen LogP contribution >= 0.6 is 0 Å². The van der Waals surface area contributed by atoms with Crippen LogP contribution in [-0.4, -0.2) is 33.6 Å². The molecule has 2 rings (SSSR count). The molecule has 0 bridgehead atoms. The van der Waals surface area contributed by atoms with E-state index in [0.717, 1.165) is 5.56 Å². The number of aliphatic carboxylic acids is 1. The number of carbonyl (C=O) groups excluding carboxylic acids is 1. The maximum absolute atomic E-state index is 12.6. The van der Waals surface area contributed by atoms with E-state index in [1.165, 1.54) is 4.90 Å². The van der Waals surface area contributed by atoms with E-state index >= 15 is 0 Å². The Bertz CT molecular complexity index is 629. The second kappa shape index (κ2) is 6.21. The number of benzene rings is 1. The fourth-order valence-electron chi connectivity index (χ4n) is 2.11. The lowest BCUT2D eigenvalue weighted by atomic mass is 10.1. The molecule has 1 aromatic heterocycles. The van der Waals surface area contributed by atoms with Gasteiger partial charge in [0.15, 0.2) is 0 Å². The van der Waals surface area contributed by atoms with E-state index < -0.39 is 11.9 Å². The number of carboxylic acid groups (broad SMARTS) is 1. The van der Waals surface area contributed by atoms with E-state index in [2.05, 4.69) is 5.16 Å². The number of aromatic nitrogens is 1. The average molecular weight is 288 g/mol. The van der Waals surface area contributed by atoms with Gasteiger partial charge in [-0.2, -0.15) is 0 Å². The van der Waals surface area contributed by atoms with E-state index in [-0.39, 0.29) is 13.1 Å². The van der Waals surface area contributed by atoms with Crippen LogP contribution < -0.4 is 0 Å². The number of hydrogen-bond donors (Lipinski definition) is 1. The van der Waals surface area contributed by atoms with Crippen LogP contribution in [0.1, 0.15) is 27.4 Å². The lowest BCUT2D eigenvalue weighted by molar-refractivity contribution is -0.137. The first-order chi connectivity index (χ1) is 9.99. The zero-order valence-corrected chi connectivity index (χ0v) is 11.9. The molecule has 0 saturated heterocycles. The number of hydrogen-bond acceptors (Lipinski definition) is 4. The van der Waals surface area contributed by atoms with E-state index in [0.29, 0.717) is 17.0 Å². The molecule has 6 nitrogen and oxygen atoms in total. The summed E-state index contributed by atoms with van der Waals surface area (Å²) < 4.78 is 4.98. The van der Waals surface area contributed by atoms with Gasteiger partial charge >= 0.3 is 5.97 Å². The predicted octanol–water partition coefficient (Wildman–Crippen LogP) is 2.02. The van der Waals surface area contributed by atoms with Gasteiger partial charge in [-0.25, -0.2) is 0 Å². The first-order valence-corrected chi connectivity index (χ1v) is 6.47. The van der Waals surface area contributed by atoms with Gasteiger partial charge in [-0.15, -0.1) is 0 Å². The molecule has 0 radical (unpaired) electrons. The standard InChI is InChI=1S/C15H16N2O4/c1-10-14(11(2)21-16-10)15(20)17(9-13(18)19)8-12-6-4-3-5-7-12/h3-7H,8-9H2,1-2H3,(H,18,19). The minimum atomic E-state index is -1.06. The highest BCUT2D eigenvalue weighted by Crippen LogP contribution is 2.16. The van der Waals surface area contributed by atoms with Crippen molar-refractivity contribution >= 4 is 11.9 Å². The van der Waals surface area contributed by atoms with Crippen molar-refractivity contribution in [3.05, 3.63) is 52.9 Å². The lowest BCUT2D eigenvalue weighted by Crippen LogP contribution is -2.35. The molecule has 6 heteroatoms. The number of nitrogens with zero attached hydrogens (tertiary/aromatic N) is 2. The van der Waals surface area contributed by atoms with Crippen LogP contribution in [0.25, 0.3) is 0 Å². The number of carbonyl (C=O) groups is 2. The molecular formula is C15H16N2O4. The number of amides is 1. The van der Waals surface area contributed by atoms with Gasteiger partial charge in [0.2, 0.25) is 0 Å². The van der Waals surface area contributed by atoms with Crippen molar-refractivity contribution in [1.29, 1.82) is 0 Å². The summed E-state index contributed by atoms with van der Waals surface area (Å²) in [5, 5.41) is 12.7. The van der Waals surface area contributed by atoms with Gasteiger partial charge < -0.3 is 14.5 Å². The van der Waals surface area contributed by atoms with Crippen molar-refractivity contribution in [1.82, 2.24) is 10.1 Å². The fourth-order valence-corrected chi connectivity index (χ4v) is 2.11. The molecule has 0 atom stereocenters. The summed E-state index contributed by atoms with van der Waals surface area (Å²) in [6.45, 7) is 3.13. The van der Waals surface area contributed by atoms with Crippen molar-refractivity contribution in [3.63, 3.8) is 0 Å². The van der Waals surface area contributed by atoms with Crippen molar-refractivity contribution in [2.24, 2.45) is 0 Å². The average Bonchev–Trinajstić information content (AvgIpc) is 2.77. The third-order valence-corrected chi connectivity index (χ3v) is 3.08. The van der Waals surface area contributed by atoms with Crippen molar-refractivity contribution < 1.29 is 19.2 Å². The second-order valence-electron chi connectivity index (χ2n) is 4.74. The van der Waals surface area contributed by atoms with Gasteiger partial charge in [-0.1, -0.05) is 35.5 Å². The highest BCUT2D eigenvalue weighted by molar-refractivity contribution is 5.97. The van der Waals surface area contributed by atoms with E-state index in [1.54, 1.807) is 13.8 Å². The van der Waals surface area contributed by atoms with Crippen LogP contribution in [0.2, 0.25) is 0 Å². The summed E-state index contributed by atoms with van der Waals surface area (Å²) in [6, 6.07) is 9.23. The Morgan fingerprint density at radius 3 is 2.43 bits per heavy atom. The lowest BCUT2D eigenvalue weighted by Gasteiger charge is -2.20. The van der Waals surface area contributed by atoms with Crippen LogP contribution in [-0.2, 0) is 11.3 Å². The Kier molecular flexibility index (Phi) is 4.37. The molecule has 1 heterocycles. The van der Waals surface area contributed by atoms with Crippen molar-refractivity contribution in [2.75, 3.05) is 6.54 Å². The Morgan fingerprint density at radius 1 is 1.24 bits per heavy atom. The minimum absolute atomic E-state index is 0.218. The highest BCUT2D eigenvalue weighted by atomic mass is 16.5. The van der Waals surface area contributed by atoms with Gasteiger partial charge in [-0.05, 0) is 19.4 Å². The Hall–Kier alpha value is -2.63. The van der Waals surface area contributed by atoms with Crippen molar-refractivity contribution in [3.8, 4) is 0 Å². The van der Waals surface area contributed by atoms with Crippen molar-refractivity contribution in [2.45, 2.75) is 20.4 Å². The number of rotatable bonds is 5. The molecule has 0 saturated carbocycles. The van der Waals surface area contributed by atoms with Gasteiger partial charge in [0, 0.05) is 6.54 Å². The summed E-state index contributed by atoms with van der Waals surface area (Å²) in [7, 11) is 0. The maximum atomic E-state index is 12.6. The summed E-state index contributed by atoms with van der Waals surface area (Å²) in [4.78, 5) is 24.8.